The summed E-state index contributed by atoms with van der Waals surface area (Å²) in [6.07, 6.45) is 0. The molecule has 0 aliphatic heterocycles. The Hall–Kier alpha value is -2.18. The van der Waals surface area contributed by atoms with Gasteiger partial charge in [-0.2, -0.15) is 0 Å². The molecule has 0 spiro atoms. The molecule has 0 atom stereocenters. The highest BCUT2D eigenvalue weighted by atomic mass is 16.5. The number of methoxy groups -OCH3 is 1. The minimum atomic E-state index is -0.00221. The molecule has 0 aliphatic rings. The van der Waals surface area contributed by atoms with Crippen LogP contribution >= 0.6 is 0 Å². The van der Waals surface area contributed by atoms with E-state index in [2.05, 4.69) is 20.4 Å². The zero-order chi connectivity index (χ0) is 9.97. The summed E-state index contributed by atoms with van der Waals surface area (Å²) in [6, 6.07) is 3.29. The van der Waals surface area contributed by atoms with Gasteiger partial charge in [0.2, 0.25) is 5.88 Å². The van der Waals surface area contributed by atoms with Crippen molar-refractivity contribution in [1.82, 2.24) is 20.4 Å². The van der Waals surface area contributed by atoms with Crippen molar-refractivity contribution < 1.29 is 9.15 Å². The van der Waals surface area contributed by atoms with Gasteiger partial charge in [-0.1, -0.05) is 5.10 Å². The molecule has 0 unspecified atom stereocenters. The summed E-state index contributed by atoms with van der Waals surface area (Å²) in [5.41, 5.74) is 5.71. The topological polar surface area (TPSA) is 100.0 Å². The molecule has 0 saturated heterocycles. The normalized spacial score (nSPS) is 10.1. The smallest absolute Gasteiger partial charge is 0.313 e. The van der Waals surface area contributed by atoms with E-state index in [4.69, 9.17) is 14.9 Å². The molecule has 0 aliphatic carbocycles. The number of rotatable bonds is 2. The first-order chi connectivity index (χ1) is 6.79. The number of nitrogen functional groups attached to an aromatic ring is 1. The molecule has 7 heteroatoms. The van der Waals surface area contributed by atoms with E-state index in [0.717, 1.165) is 0 Å². The maximum absolute atomic E-state index is 5.26. The standard InChI is InChI=1S/C7H7N5O2/c1-13-5-3-2-4(9-10-5)6-11-12-7(8)14-6/h2-3H,1H3,(H2,8,12). The van der Waals surface area contributed by atoms with Gasteiger partial charge < -0.3 is 14.9 Å². The molecule has 0 fully saturated rings. The summed E-state index contributed by atoms with van der Waals surface area (Å²) in [6.45, 7) is 0. The van der Waals surface area contributed by atoms with E-state index in [9.17, 15) is 0 Å². The molecule has 2 rings (SSSR count). The van der Waals surface area contributed by atoms with E-state index in [1.54, 1.807) is 12.1 Å². The van der Waals surface area contributed by atoms with Crippen molar-refractivity contribution in [2.45, 2.75) is 0 Å². The molecule has 7 nitrogen and oxygen atoms in total. The summed E-state index contributed by atoms with van der Waals surface area (Å²) < 4.78 is 9.80. The van der Waals surface area contributed by atoms with E-state index in [0.29, 0.717) is 11.6 Å². The van der Waals surface area contributed by atoms with Crippen molar-refractivity contribution in [3.63, 3.8) is 0 Å². The quantitative estimate of drug-likeness (QED) is 0.722. The Balaban J connectivity index is 2.33. The van der Waals surface area contributed by atoms with Gasteiger partial charge >= 0.3 is 6.01 Å². The molecule has 14 heavy (non-hydrogen) atoms. The van der Waals surface area contributed by atoms with Gasteiger partial charge in [0, 0.05) is 6.07 Å². The summed E-state index contributed by atoms with van der Waals surface area (Å²) in [5.74, 6) is 0.652. The molecule has 0 saturated carbocycles. The fourth-order valence-electron chi connectivity index (χ4n) is 0.881. The van der Waals surface area contributed by atoms with Crippen molar-refractivity contribution in [3.05, 3.63) is 12.1 Å². The van der Waals surface area contributed by atoms with Crippen LogP contribution in [0.2, 0.25) is 0 Å². The first-order valence-electron chi connectivity index (χ1n) is 3.76. The zero-order valence-electron chi connectivity index (χ0n) is 7.34. The lowest BCUT2D eigenvalue weighted by atomic mass is 10.4. The Labute approximate surface area is 78.9 Å². The predicted molar refractivity (Wildman–Crippen MR) is 46.3 cm³/mol. The van der Waals surface area contributed by atoms with E-state index >= 15 is 0 Å². The molecular formula is C7H7N5O2. The van der Waals surface area contributed by atoms with Gasteiger partial charge in [-0.05, 0) is 6.07 Å². The van der Waals surface area contributed by atoms with Gasteiger partial charge in [0.15, 0.2) is 5.69 Å². The highest BCUT2D eigenvalue weighted by Gasteiger charge is 2.08. The highest BCUT2D eigenvalue weighted by molar-refractivity contribution is 5.46. The van der Waals surface area contributed by atoms with Crippen molar-refractivity contribution >= 4 is 6.01 Å². The van der Waals surface area contributed by atoms with Crippen LogP contribution in [0.15, 0.2) is 16.5 Å². The minimum Gasteiger partial charge on any atom is -0.480 e. The summed E-state index contributed by atoms with van der Waals surface area (Å²) in [4.78, 5) is 0. The van der Waals surface area contributed by atoms with Crippen LogP contribution in [0.25, 0.3) is 11.6 Å². The van der Waals surface area contributed by atoms with E-state index < -0.39 is 0 Å². The lowest BCUT2D eigenvalue weighted by molar-refractivity contribution is 0.392. The van der Waals surface area contributed by atoms with Crippen LogP contribution in [0, 0.1) is 0 Å². The average molecular weight is 193 g/mol. The third-order valence-corrected chi connectivity index (χ3v) is 1.51. The minimum absolute atomic E-state index is 0.00221. The van der Waals surface area contributed by atoms with Crippen molar-refractivity contribution in [2.24, 2.45) is 0 Å². The van der Waals surface area contributed by atoms with Crippen molar-refractivity contribution in [1.29, 1.82) is 0 Å². The van der Waals surface area contributed by atoms with Gasteiger partial charge in [-0.15, -0.1) is 15.3 Å². The van der Waals surface area contributed by atoms with Crippen LogP contribution in [0.1, 0.15) is 0 Å². The van der Waals surface area contributed by atoms with Crippen LogP contribution in [0.4, 0.5) is 6.01 Å². The van der Waals surface area contributed by atoms with Gasteiger partial charge in [0.1, 0.15) is 0 Å². The number of ether oxygens (including phenoxy) is 1. The Kier molecular flexibility index (Phi) is 1.98. The monoisotopic (exact) mass is 193 g/mol. The van der Waals surface area contributed by atoms with Crippen LogP contribution < -0.4 is 10.5 Å². The van der Waals surface area contributed by atoms with Crippen LogP contribution in [-0.4, -0.2) is 27.5 Å². The molecule has 0 aromatic carbocycles. The summed E-state index contributed by atoms with van der Waals surface area (Å²) in [7, 11) is 1.51. The predicted octanol–water partition coefficient (Wildman–Crippen LogP) is 0.117. The van der Waals surface area contributed by atoms with E-state index in [1.165, 1.54) is 7.11 Å². The maximum Gasteiger partial charge on any atom is 0.313 e. The third-order valence-electron chi connectivity index (χ3n) is 1.51. The number of nitrogens with two attached hydrogens (primary N) is 1. The number of anilines is 1. The van der Waals surface area contributed by atoms with Crippen LogP contribution in [0.5, 0.6) is 5.88 Å². The second kappa shape index (κ2) is 3.29. The summed E-state index contributed by atoms with van der Waals surface area (Å²) in [5, 5.41) is 14.7. The van der Waals surface area contributed by atoms with Gasteiger partial charge in [0.05, 0.1) is 7.11 Å². The highest BCUT2D eigenvalue weighted by Crippen LogP contribution is 2.16. The van der Waals surface area contributed by atoms with Crippen LogP contribution in [0.3, 0.4) is 0 Å². The fourth-order valence-corrected chi connectivity index (χ4v) is 0.881. The average Bonchev–Trinajstić information content (AvgIpc) is 2.65. The lowest BCUT2D eigenvalue weighted by Crippen LogP contribution is -1.92. The SMILES string of the molecule is COc1ccc(-c2nnc(N)o2)nn1. The Morgan fingerprint density at radius 1 is 1.21 bits per heavy atom. The lowest BCUT2D eigenvalue weighted by Gasteiger charge is -1.96. The Morgan fingerprint density at radius 2 is 2.07 bits per heavy atom. The van der Waals surface area contributed by atoms with Crippen LogP contribution in [-0.2, 0) is 0 Å². The molecule has 0 radical (unpaired) electrons. The number of nitrogens with zero attached hydrogens (tertiary/aromatic N) is 4. The zero-order valence-corrected chi connectivity index (χ0v) is 7.34. The molecule has 72 valence electrons. The molecule has 2 N–H and O–H groups in total. The second-order valence-corrected chi connectivity index (χ2v) is 2.41. The van der Waals surface area contributed by atoms with Crippen molar-refractivity contribution in [3.8, 4) is 17.5 Å². The van der Waals surface area contributed by atoms with Gasteiger partial charge in [0.25, 0.3) is 5.89 Å². The number of hydrogen-bond donors (Lipinski definition) is 1. The molecule has 2 aromatic heterocycles. The first kappa shape index (κ1) is 8.42. The number of aromatic nitrogens is 4. The van der Waals surface area contributed by atoms with Gasteiger partial charge in [-0.3, -0.25) is 0 Å². The largest absolute Gasteiger partial charge is 0.480 e. The number of hydrogen-bond acceptors (Lipinski definition) is 7. The maximum atomic E-state index is 5.26. The molecule has 0 bridgehead atoms. The van der Waals surface area contributed by atoms with Crippen molar-refractivity contribution in [2.75, 3.05) is 12.8 Å². The molecule has 0 amide bonds. The second-order valence-electron chi connectivity index (χ2n) is 2.41. The molecule has 2 heterocycles. The fraction of sp³-hybridized carbons (Fsp3) is 0.143. The third kappa shape index (κ3) is 1.47. The Bertz CT molecular complexity index is 424. The van der Waals surface area contributed by atoms with E-state index in [-0.39, 0.29) is 11.9 Å². The van der Waals surface area contributed by atoms with Gasteiger partial charge in [-0.25, -0.2) is 0 Å². The summed E-state index contributed by atoms with van der Waals surface area (Å²) >= 11 is 0. The first-order valence-corrected chi connectivity index (χ1v) is 3.76. The Morgan fingerprint density at radius 3 is 2.57 bits per heavy atom. The molecular weight excluding hydrogens is 186 g/mol. The van der Waals surface area contributed by atoms with E-state index in [1.807, 2.05) is 0 Å². The molecule has 2 aromatic rings.